The molecule has 1 fully saturated rings. The highest BCUT2D eigenvalue weighted by molar-refractivity contribution is 8.00. The van der Waals surface area contributed by atoms with Gasteiger partial charge in [0.15, 0.2) is 5.82 Å². The molecule has 0 saturated heterocycles. The molecule has 1 aliphatic carbocycles. The monoisotopic (exact) mass is 389 g/mol. The van der Waals surface area contributed by atoms with Gasteiger partial charge in [-0.05, 0) is 49.9 Å². The lowest BCUT2D eigenvalue weighted by Crippen LogP contribution is -2.44. The van der Waals surface area contributed by atoms with Crippen molar-refractivity contribution in [1.82, 2.24) is 20.2 Å². The van der Waals surface area contributed by atoms with E-state index < -0.39 is 0 Å². The number of nitrogen functional groups attached to an aromatic ring is 1. The molecular formula is C19H27N5O2S. The first kappa shape index (κ1) is 19.5. The molecule has 0 unspecified atom stereocenters. The van der Waals surface area contributed by atoms with Gasteiger partial charge in [-0.2, -0.15) is 0 Å². The van der Waals surface area contributed by atoms with Crippen molar-refractivity contribution in [1.29, 1.82) is 0 Å². The van der Waals surface area contributed by atoms with Crippen LogP contribution in [0.25, 0.3) is 11.4 Å². The lowest BCUT2D eigenvalue weighted by molar-refractivity contribution is -0.121. The van der Waals surface area contributed by atoms with E-state index in [2.05, 4.69) is 22.4 Å². The van der Waals surface area contributed by atoms with Crippen LogP contribution in [0.5, 0.6) is 5.75 Å². The van der Waals surface area contributed by atoms with E-state index in [0.29, 0.717) is 16.9 Å². The van der Waals surface area contributed by atoms with E-state index in [1.807, 2.05) is 31.2 Å². The van der Waals surface area contributed by atoms with Crippen molar-refractivity contribution in [3.8, 4) is 17.1 Å². The van der Waals surface area contributed by atoms with Crippen LogP contribution in [0, 0.1) is 5.92 Å². The Hall–Kier alpha value is -2.22. The molecule has 146 valence electrons. The number of hydrogen-bond donors (Lipinski definition) is 2. The quantitative estimate of drug-likeness (QED) is 0.583. The molecule has 3 atom stereocenters. The Morgan fingerprint density at radius 2 is 2.00 bits per heavy atom. The highest BCUT2D eigenvalue weighted by Crippen LogP contribution is 2.27. The van der Waals surface area contributed by atoms with Gasteiger partial charge in [0.05, 0.1) is 12.4 Å². The number of nitrogens with one attached hydrogen (secondary N) is 1. The Labute approximate surface area is 164 Å². The van der Waals surface area contributed by atoms with Crippen LogP contribution in [-0.4, -0.2) is 39.2 Å². The number of carbonyl (C=O) groups excluding carboxylic acids is 1. The van der Waals surface area contributed by atoms with Crippen molar-refractivity contribution in [3.63, 3.8) is 0 Å². The molecule has 0 spiro atoms. The number of nitrogens with two attached hydrogens (primary N) is 1. The van der Waals surface area contributed by atoms with Gasteiger partial charge in [-0.1, -0.05) is 31.5 Å². The van der Waals surface area contributed by atoms with Gasteiger partial charge in [-0.3, -0.25) is 4.79 Å². The van der Waals surface area contributed by atoms with E-state index in [4.69, 9.17) is 10.6 Å². The third-order valence-corrected chi connectivity index (χ3v) is 6.16. The molecule has 1 heterocycles. The average Bonchev–Trinajstić information content (AvgIpc) is 3.04. The fraction of sp³-hybridized carbons (Fsp3) is 0.526. The predicted octanol–water partition coefficient (Wildman–Crippen LogP) is 2.84. The summed E-state index contributed by atoms with van der Waals surface area (Å²) in [7, 11) is 1.62. The summed E-state index contributed by atoms with van der Waals surface area (Å²) >= 11 is 1.32. The number of amides is 1. The molecular weight excluding hydrogens is 362 g/mol. The molecule has 1 saturated carbocycles. The minimum absolute atomic E-state index is 0.0211. The molecule has 1 aliphatic rings. The number of ether oxygens (including phenoxy) is 1. The van der Waals surface area contributed by atoms with Crippen molar-refractivity contribution in [2.45, 2.75) is 56.0 Å². The van der Waals surface area contributed by atoms with Gasteiger partial charge >= 0.3 is 0 Å². The Balaban J connectivity index is 1.64. The highest BCUT2D eigenvalue weighted by Gasteiger charge is 2.26. The molecule has 8 heteroatoms. The first-order chi connectivity index (χ1) is 13.0. The molecule has 0 aliphatic heterocycles. The Kier molecular flexibility index (Phi) is 6.26. The zero-order valence-corrected chi connectivity index (χ0v) is 16.8. The van der Waals surface area contributed by atoms with Gasteiger partial charge < -0.3 is 15.9 Å². The second kappa shape index (κ2) is 8.65. The fourth-order valence-corrected chi connectivity index (χ4v) is 4.12. The summed E-state index contributed by atoms with van der Waals surface area (Å²) in [6.45, 7) is 4.08. The minimum Gasteiger partial charge on any atom is -0.497 e. The molecule has 2 aromatic rings. The second-order valence-electron chi connectivity index (χ2n) is 7.04. The van der Waals surface area contributed by atoms with Gasteiger partial charge in [0.25, 0.3) is 0 Å². The maximum atomic E-state index is 12.6. The number of nitrogens with zero attached hydrogens (tertiary/aromatic N) is 3. The number of thioether (sulfide) groups is 1. The highest BCUT2D eigenvalue weighted by atomic mass is 32.2. The van der Waals surface area contributed by atoms with E-state index in [-0.39, 0.29) is 17.2 Å². The fourth-order valence-electron chi connectivity index (χ4n) is 3.34. The van der Waals surface area contributed by atoms with Crippen molar-refractivity contribution in [2.24, 2.45) is 5.92 Å². The number of carbonyl (C=O) groups is 1. The minimum atomic E-state index is -0.297. The first-order valence-corrected chi connectivity index (χ1v) is 10.2. The van der Waals surface area contributed by atoms with E-state index >= 15 is 0 Å². The number of rotatable bonds is 6. The largest absolute Gasteiger partial charge is 0.497 e. The van der Waals surface area contributed by atoms with Crippen molar-refractivity contribution in [2.75, 3.05) is 13.0 Å². The third kappa shape index (κ3) is 4.55. The molecule has 0 radical (unpaired) electrons. The molecule has 3 N–H and O–H groups in total. The van der Waals surface area contributed by atoms with Crippen molar-refractivity contribution >= 4 is 17.7 Å². The summed E-state index contributed by atoms with van der Waals surface area (Å²) < 4.78 is 6.60. The van der Waals surface area contributed by atoms with Crippen LogP contribution in [-0.2, 0) is 4.79 Å². The first-order valence-electron chi connectivity index (χ1n) is 9.31. The molecule has 1 aromatic carbocycles. The van der Waals surface area contributed by atoms with Crippen LogP contribution in [0.4, 0.5) is 0 Å². The van der Waals surface area contributed by atoms with Gasteiger partial charge in [0, 0.05) is 11.6 Å². The molecule has 1 amide bonds. The van der Waals surface area contributed by atoms with Crippen molar-refractivity contribution < 1.29 is 9.53 Å². The Morgan fingerprint density at radius 1 is 1.30 bits per heavy atom. The summed E-state index contributed by atoms with van der Waals surface area (Å²) in [5.41, 5.74) is 0.839. The topological polar surface area (TPSA) is 95.1 Å². The van der Waals surface area contributed by atoms with Crippen LogP contribution in [0.2, 0.25) is 0 Å². The molecule has 1 aromatic heterocycles. The van der Waals surface area contributed by atoms with Crippen LogP contribution >= 0.6 is 11.8 Å². The molecule has 3 rings (SSSR count). The van der Waals surface area contributed by atoms with Crippen molar-refractivity contribution in [3.05, 3.63) is 24.3 Å². The number of methoxy groups -OCH3 is 1. The number of benzene rings is 1. The lowest BCUT2D eigenvalue weighted by atomic mass is 9.86. The van der Waals surface area contributed by atoms with Crippen LogP contribution in [0.1, 0.15) is 39.5 Å². The Morgan fingerprint density at radius 3 is 2.67 bits per heavy atom. The van der Waals surface area contributed by atoms with Gasteiger partial charge in [-0.15, -0.1) is 10.2 Å². The zero-order valence-electron chi connectivity index (χ0n) is 16.0. The smallest absolute Gasteiger partial charge is 0.233 e. The normalized spacial score (nSPS) is 20.9. The summed E-state index contributed by atoms with van der Waals surface area (Å²) in [4.78, 5) is 12.6. The van der Waals surface area contributed by atoms with Crippen LogP contribution in [0.15, 0.2) is 29.4 Å². The third-order valence-electron chi connectivity index (χ3n) is 5.10. The zero-order chi connectivity index (χ0) is 19.4. The summed E-state index contributed by atoms with van der Waals surface area (Å²) in [6.07, 6.45) is 4.66. The Bertz CT molecular complexity index is 777. The predicted molar refractivity (Wildman–Crippen MR) is 107 cm³/mol. The van der Waals surface area contributed by atoms with E-state index in [1.165, 1.54) is 35.7 Å². The van der Waals surface area contributed by atoms with E-state index in [9.17, 15) is 4.79 Å². The lowest BCUT2D eigenvalue weighted by Gasteiger charge is -2.30. The van der Waals surface area contributed by atoms with E-state index in [1.54, 1.807) is 7.11 Å². The number of aromatic nitrogens is 3. The van der Waals surface area contributed by atoms with Gasteiger partial charge in [-0.25, -0.2) is 4.68 Å². The average molecular weight is 390 g/mol. The molecule has 7 nitrogen and oxygen atoms in total. The summed E-state index contributed by atoms with van der Waals surface area (Å²) in [6, 6.07) is 7.71. The van der Waals surface area contributed by atoms with Gasteiger partial charge in [0.1, 0.15) is 5.75 Å². The standard InChI is InChI=1S/C19H27N5O2S/c1-12-6-4-5-7-16(12)21-18(25)13(2)27-19-23-22-17(24(19)20)14-8-10-15(26-3)11-9-14/h8-13,16H,4-7,20H2,1-3H3,(H,21,25)/t12-,13-,16+/m1/s1. The molecule has 0 bridgehead atoms. The summed E-state index contributed by atoms with van der Waals surface area (Å²) in [5, 5.41) is 11.7. The second-order valence-corrected chi connectivity index (χ2v) is 8.35. The number of hydrogen-bond acceptors (Lipinski definition) is 6. The van der Waals surface area contributed by atoms with E-state index in [0.717, 1.165) is 17.7 Å². The summed E-state index contributed by atoms with van der Waals surface area (Å²) in [5.74, 6) is 8.03. The maximum absolute atomic E-state index is 12.6. The van der Waals surface area contributed by atoms with Gasteiger partial charge in [0.2, 0.25) is 11.1 Å². The molecule has 27 heavy (non-hydrogen) atoms. The van der Waals surface area contributed by atoms with Crippen LogP contribution in [0.3, 0.4) is 0 Å². The maximum Gasteiger partial charge on any atom is 0.233 e. The SMILES string of the molecule is COc1ccc(-c2nnc(S[C@H](C)C(=O)N[C@H]3CCCC[C@H]3C)n2N)cc1. The van der Waals surface area contributed by atoms with Crippen LogP contribution < -0.4 is 15.9 Å².